The highest BCUT2D eigenvalue weighted by Gasteiger charge is 2.41. The van der Waals surface area contributed by atoms with Crippen molar-refractivity contribution in [3.05, 3.63) is 94.2 Å². The molecule has 0 unspecified atom stereocenters. The molecule has 4 heterocycles. The van der Waals surface area contributed by atoms with Crippen LogP contribution in [0.4, 0.5) is 5.69 Å². The van der Waals surface area contributed by atoms with Crippen LogP contribution >= 0.6 is 11.6 Å². The highest BCUT2D eigenvalue weighted by molar-refractivity contribution is 7.89. The number of benzene rings is 2. The van der Waals surface area contributed by atoms with Crippen LogP contribution in [0.25, 0.3) is 11.0 Å². The normalized spacial score (nSPS) is 16.8. The third kappa shape index (κ3) is 6.50. The number of fused-ring (bicyclic) bond motifs is 2. The Balaban J connectivity index is 1.46. The number of amides is 1. The highest BCUT2D eigenvalue weighted by atomic mass is 35.5. The van der Waals surface area contributed by atoms with Crippen molar-refractivity contribution >= 4 is 44.3 Å². The minimum atomic E-state index is -3.93. The van der Waals surface area contributed by atoms with Gasteiger partial charge in [-0.1, -0.05) is 50.3 Å². The van der Waals surface area contributed by atoms with E-state index in [0.717, 1.165) is 38.9 Å². The summed E-state index contributed by atoms with van der Waals surface area (Å²) < 4.78 is 37.3. The number of carbonyl (C=O) groups excluding carboxylic acids is 1. The van der Waals surface area contributed by atoms with Gasteiger partial charge in [0, 0.05) is 25.2 Å². The number of sulfonamides is 1. The fourth-order valence-corrected chi connectivity index (χ4v) is 8.05. The first-order chi connectivity index (χ1) is 23.3. The van der Waals surface area contributed by atoms with E-state index in [1.807, 2.05) is 76.6 Å². The van der Waals surface area contributed by atoms with Gasteiger partial charge in [0.25, 0.3) is 0 Å². The van der Waals surface area contributed by atoms with Crippen molar-refractivity contribution in [2.24, 2.45) is 5.41 Å². The zero-order chi connectivity index (χ0) is 35.1. The first-order valence-electron chi connectivity index (χ1n) is 16.2. The molecule has 2 aromatic carbocycles. The summed E-state index contributed by atoms with van der Waals surface area (Å²) in [6.07, 6.45) is 4.70. The van der Waals surface area contributed by atoms with Gasteiger partial charge in [0.1, 0.15) is 16.5 Å². The molecule has 0 saturated carbocycles. The molecule has 0 fully saturated rings. The molecule has 0 aliphatic carbocycles. The number of anilines is 1. The summed E-state index contributed by atoms with van der Waals surface area (Å²) >= 11 is 5.89. The third-order valence-electron chi connectivity index (χ3n) is 9.33. The molecule has 1 aliphatic heterocycles. The Labute approximate surface area is 290 Å². The van der Waals surface area contributed by atoms with Crippen molar-refractivity contribution in [3.8, 4) is 5.88 Å². The second-order valence-corrected chi connectivity index (χ2v) is 15.1. The lowest BCUT2D eigenvalue weighted by molar-refractivity contribution is -0.124. The van der Waals surface area contributed by atoms with Crippen molar-refractivity contribution in [2.45, 2.75) is 78.0 Å². The van der Waals surface area contributed by atoms with Crippen LogP contribution in [-0.2, 0) is 27.9 Å². The molecule has 1 aliphatic rings. The van der Waals surface area contributed by atoms with Crippen molar-refractivity contribution in [1.82, 2.24) is 34.3 Å². The van der Waals surface area contributed by atoms with Crippen LogP contribution in [0.15, 0.2) is 66.0 Å². The van der Waals surface area contributed by atoms with E-state index in [0.29, 0.717) is 18.7 Å². The summed E-state index contributed by atoms with van der Waals surface area (Å²) in [6, 6.07) is 13.1. The Morgan fingerprint density at radius 3 is 2.57 bits per heavy atom. The van der Waals surface area contributed by atoms with Crippen molar-refractivity contribution in [2.75, 3.05) is 11.9 Å². The molecule has 0 bridgehead atoms. The third-order valence-corrected chi connectivity index (χ3v) is 11.3. The van der Waals surface area contributed by atoms with E-state index in [9.17, 15) is 13.2 Å². The topological polar surface area (TPSA) is 145 Å². The molecule has 0 radical (unpaired) electrons. The monoisotopic (exact) mass is 702 g/mol. The quantitative estimate of drug-likeness (QED) is 0.181. The Morgan fingerprint density at radius 1 is 1.10 bits per heavy atom. The molecule has 14 heteroatoms. The maximum atomic E-state index is 14.2. The first kappa shape index (κ1) is 34.4. The number of halogens is 1. The van der Waals surface area contributed by atoms with Crippen LogP contribution in [0.1, 0.15) is 67.9 Å². The number of hydrogen-bond acceptors (Lipinski definition) is 9. The van der Waals surface area contributed by atoms with E-state index in [-0.39, 0.29) is 41.2 Å². The smallest absolute Gasteiger partial charge is 0.248 e. The maximum Gasteiger partial charge on any atom is 0.248 e. The van der Waals surface area contributed by atoms with Gasteiger partial charge in [-0.2, -0.15) is 4.31 Å². The maximum absolute atomic E-state index is 14.2. The minimum Gasteiger partial charge on any atom is -0.472 e. The van der Waals surface area contributed by atoms with Gasteiger partial charge in [-0.25, -0.2) is 28.1 Å². The van der Waals surface area contributed by atoms with Gasteiger partial charge in [0.15, 0.2) is 0 Å². The van der Waals surface area contributed by atoms with E-state index in [2.05, 4.69) is 30.6 Å². The number of carbonyl (C=O) groups is 1. The Hall–Kier alpha value is -4.46. The Bertz CT molecular complexity index is 2140. The van der Waals surface area contributed by atoms with Crippen LogP contribution in [0.5, 0.6) is 5.88 Å². The molecule has 49 heavy (non-hydrogen) atoms. The van der Waals surface area contributed by atoms with Gasteiger partial charge in [0.2, 0.25) is 27.1 Å². The molecule has 256 valence electrons. The number of nitrogens with one attached hydrogen (secondary N) is 1. The van der Waals surface area contributed by atoms with Crippen LogP contribution in [0.3, 0.4) is 0 Å². The molecular formula is C35H39ClN8O4S. The second kappa shape index (κ2) is 13.4. The van der Waals surface area contributed by atoms with E-state index in [4.69, 9.17) is 16.3 Å². The summed E-state index contributed by atoms with van der Waals surface area (Å²) in [5, 5.41) is 11.9. The summed E-state index contributed by atoms with van der Waals surface area (Å²) in [5.41, 5.74) is 5.42. The lowest BCUT2D eigenvalue weighted by Gasteiger charge is -2.35. The SMILES string of the molecule is CC[C@@H]1CN(Cc2cc([C@@H](c3ccc4c(nnn4CC)c3C)C(C)(C)C(=O)Nc3cnc(Cl)nc3)ccc2C)S(=O)(=O)c2cccnc2O1. The molecule has 5 aromatic rings. The average Bonchev–Trinajstić information content (AvgIpc) is 3.47. The fourth-order valence-electron chi connectivity index (χ4n) is 6.43. The van der Waals surface area contributed by atoms with Gasteiger partial charge in [-0.3, -0.25) is 4.79 Å². The van der Waals surface area contributed by atoms with E-state index >= 15 is 0 Å². The van der Waals surface area contributed by atoms with Crippen LogP contribution in [-0.4, -0.2) is 61.2 Å². The van der Waals surface area contributed by atoms with Crippen LogP contribution in [0.2, 0.25) is 5.28 Å². The minimum absolute atomic E-state index is 0.0469. The van der Waals surface area contributed by atoms with Crippen molar-refractivity contribution in [1.29, 1.82) is 0 Å². The van der Waals surface area contributed by atoms with Crippen LogP contribution in [0, 0.1) is 19.3 Å². The Morgan fingerprint density at radius 2 is 1.86 bits per heavy atom. The molecule has 12 nitrogen and oxygen atoms in total. The van der Waals surface area contributed by atoms with Gasteiger partial charge in [0.05, 0.1) is 35.6 Å². The highest BCUT2D eigenvalue weighted by Crippen LogP contribution is 2.45. The zero-order valence-electron chi connectivity index (χ0n) is 28.3. The lowest BCUT2D eigenvalue weighted by Crippen LogP contribution is -2.38. The largest absolute Gasteiger partial charge is 0.472 e. The fraction of sp³-hybridized carbons (Fsp3) is 0.371. The molecule has 1 N–H and O–H groups in total. The number of rotatable bonds is 9. The van der Waals surface area contributed by atoms with E-state index < -0.39 is 21.4 Å². The van der Waals surface area contributed by atoms with Gasteiger partial charge < -0.3 is 10.1 Å². The molecular weight excluding hydrogens is 664 g/mol. The van der Waals surface area contributed by atoms with E-state index in [1.54, 1.807) is 6.07 Å². The molecule has 1 amide bonds. The number of aryl methyl sites for hydroxylation is 3. The lowest BCUT2D eigenvalue weighted by atomic mass is 9.69. The molecule has 6 rings (SSSR count). The number of pyridine rings is 1. The van der Waals surface area contributed by atoms with Crippen molar-refractivity contribution in [3.63, 3.8) is 0 Å². The molecule has 0 saturated heterocycles. The molecule has 2 atom stereocenters. The summed E-state index contributed by atoms with van der Waals surface area (Å²) in [6.45, 7) is 12.7. The standard InChI is InChI=1S/C35H39ClN8O4S/c1-7-26-20-43(49(46,47)29-10-9-15-37-32(29)48-26)19-24-16-23(12-11-21(24)3)30(27-13-14-28-31(22(27)4)41-42-44(28)8-2)35(5,6)33(45)40-25-17-38-34(36)39-18-25/h9-18,26,30H,7-8,19-20H2,1-6H3,(H,40,45)/t26-,30+/m1/s1. The average molecular weight is 703 g/mol. The number of ether oxygens (including phenoxy) is 1. The van der Waals surface area contributed by atoms with Gasteiger partial charge in [-0.05, 0) is 84.8 Å². The number of hydrogen-bond donors (Lipinski definition) is 1. The first-order valence-corrected chi connectivity index (χ1v) is 18.0. The summed E-state index contributed by atoms with van der Waals surface area (Å²) in [7, 11) is -3.93. The number of nitrogens with zero attached hydrogens (tertiary/aromatic N) is 7. The predicted octanol–water partition coefficient (Wildman–Crippen LogP) is 6.07. The van der Waals surface area contributed by atoms with Gasteiger partial charge in [-0.15, -0.1) is 5.10 Å². The predicted molar refractivity (Wildman–Crippen MR) is 187 cm³/mol. The molecule has 0 spiro atoms. The van der Waals surface area contributed by atoms with E-state index in [1.165, 1.54) is 29.0 Å². The summed E-state index contributed by atoms with van der Waals surface area (Å²) in [4.78, 5) is 26.5. The zero-order valence-corrected chi connectivity index (χ0v) is 29.9. The second-order valence-electron chi connectivity index (χ2n) is 12.8. The van der Waals surface area contributed by atoms with Crippen LogP contribution < -0.4 is 10.1 Å². The Kier molecular flexibility index (Phi) is 9.44. The van der Waals surface area contributed by atoms with Crippen molar-refractivity contribution < 1.29 is 17.9 Å². The summed E-state index contributed by atoms with van der Waals surface area (Å²) in [5.74, 6) is -0.620. The number of aromatic nitrogens is 6. The van der Waals surface area contributed by atoms with Gasteiger partial charge >= 0.3 is 0 Å². The molecule has 3 aromatic heterocycles.